The van der Waals surface area contributed by atoms with E-state index in [9.17, 15) is 4.79 Å². The Morgan fingerprint density at radius 2 is 2.06 bits per heavy atom. The van der Waals surface area contributed by atoms with Gasteiger partial charge in [-0.15, -0.1) is 0 Å². The van der Waals surface area contributed by atoms with Crippen LogP contribution in [0.1, 0.15) is 37.3 Å². The zero-order valence-corrected chi connectivity index (χ0v) is 9.82. The van der Waals surface area contributed by atoms with Crippen LogP contribution in [0.15, 0.2) is 24.3 Å². The third-order valence-electron chi connectivity index (χ3n) is 3.75. The van der Waals surface area contributed by atoms with E-state index in [2.05, 4.69) is 5.32 Å². The number of carbonyl (C=O) groups is 1. The molecular formula is C14H17NO2. The first-order valence-corrected chi connectivity index (χ1v) is 6.37. The van der Waals surface area contributed by atoms with Crippen LogP contribution >= 0.6 is 0 Å². The number of carbonyl (C=O) groups excluding carboxylic acids is 1. The van der Waals surface area contributed by atoms with Crippen molar-refractivity contribution >= 4 is 5.91 Å². The van der Waals surface area contributed by atoms with E-state index in [1.54, 1.807) is 0 Å². The molecule has 17 heavy (non-hydrogen) atoms. The molecule has 0 bridgehead atoms. The molecule has 0 radical (unpaired) electrons. The van der Waals surface area contributed by atoms with Gasteiger partial charge in [-0.25, -0.2) is 0 Å². The molecule has 1 heterocycles. The van der Waals surface area contributed by atoms with E-state index >= 15 is 0 Å². The smallest absolute Gasteiger partial charge is 0.223 e. The van der Waals surface area contributed by atoms with Gasteiger partial charge >= 0.3 is 0 Å². The maximum atomic E-state index is 12.0. The minimum atomic E-state index is 0.132. The van der Waals surface area contributed by atoms with E-state index in [0.29, 0.717) is 6.61 Å². The van der Waals surface area contributed by atoms with Gasteiger partial charge in [-0.1, -0.05) is 24.6 Å². The third-order valence-corrected chi connectivity index (χ3v) is 3.75. The zero-order valence-electron chi connectivity index (χ0n) is 9.82. The molecule has 90 valence electrons. The van der Waals surface area contributed by atoms with Gasteiger partial charge in [-0.05, 0) is 18.9 Å². The quantitative estimate of drug-likeness (QED) is 0.849. The van der Waals surface area contributed by atoms with Crippen LogP contribution in [0, 0.1) is 5.92 Å². The fourth-order valence-corrected chi connectivity index (χ4v) is 2.45. The van der Waals surface area contributed by atoms with Crippen molar-refractivity contribution in [2.75, 3.05) is 6.61 Å². The van der Waals surface area contributed by atoms with Gasteiger partial charge in [0.05, 0.1) is 12.6 Å². The van der Waals surface area contributed by atoms with E-state index in [1.807, 2.05) is 24.3 Å². The van der Waals surface area contributed by atoms with Gasteiger partial charge in [-0.3, -0.25) is 4.79 Å². The standard InChI is InChI=1S/C14H17NO2/c16-14(10-4-3-5-10)15-12-8-9-17-13-7-2-1-6-11(12)13/h1-2,6-7,10,12H,3-5,8-9H2,(H,15,16)/t12-/m1/s1. The van der Waals surface area contributed by atoms with Crippen molar-refractivity contribution < 1.29 is 9.53 Å². The Labute approximate surface area is 101 Å². The van der Waals surface area contributed by atoms with E-state index in [4.69, 9.17) is 4.74 Å². The van der Waals surface area contributed by atoms with Crippen LogP contribution in [0.4, 0.5) is 0 Å². The van der Waals surface area contributed by atoms with Crippen molar-refractivity contribution in [2.45, 2.75) is 31.7 Å². The lowest BCUT2D eigenvalue weighted by Crippen LogP contribution is -2.38. The summed E-state index contributed by atoms with van der Waals surface area (Å²) in [6, 6.07) is 8.11. The highest BCUT2D eigenvalue weighted by Crippen LogP contribution is 2.33. The highest BCUT2D eigenvalue weighted by Gasteiger charge is 2.29. The number of hydrogen-bond acceptors (Lipinski definition) is 2. The summed E-state index contributed by atoms with van der Waals surface area (Å²) in [6.45, 7) is 0.687. The molecular weight excluding hydrogens is 214 g/mol. The fourth-order valence-electron chi connectivity index (χ4n) is 2.45. The second-order valence-electron chi connectivity index (χ2n) is 4.86. The van der Waals surface area contributed by atoms with E-state index < -0.39 is 0 Å². The summed E-state index contributed by atoms with van der Waals surface area (Å²) in [6.07, 6.45) is 4.17. The van der Waals surface area contributed by atoms with Crippen molar-refractivity contribution in [3.63, 3.8) is 0 Å². The second kappa shape index (κ2) is 4.40. The molecule has 1 fully saturated rings. The van der Waals surface area contributed by atoms with Crippen molar-refractivity contribution in [1.82, 2.24) is 5.32 Å². The minimum absolute atomic E-state index is 0.132. The molecule has 0 aromatic heterocycles. The molecule has 3 rings (SSSR count). The first-order valence-electron chi connectivity index (χ1n) is 6.37. The summed E-state index contributed by atoms with van der Waals surface area (Å²) in [5.74, 6) is 1.39. The minimum Gasteiger partial charge on any atom is -0.493 e. The molecule has 0 spiro atoms. The summed E-state index contributed by atoms with van der Waals surface area (Å²) >= 11 is 0. The summed E-state index contributed by atoms with van der Waals surface area (Å²) in [7, 11) is 0. The van der Waals surface area contributed by atoms with E-state index in [1.165, 1.54) is 6.42 Å². The summed E-state index contributed by atoms with van der Waals surface area (Å²) < 4.78 is 5.58. The van der Waals surface area contributed by atoms with Crippen molar-refractivity contribution in [2.24, 2.45) is 5.92 Å². The predicted molar refractivity (Wildman–Crippen MR) is 64.8 cm³/mol. The summed E-state index contributed by atoms with van der Waals surface area (Å²) in [4.78, 5) is 12.0. The number of ether oxygens (including phenoxy) is 1. The maximum Gasteiger partial charge on any atom is 0.223 e. The maximum absolute atomic E-state index is 12.0. The van der Waals surface area contributed by atoms with E-state index in [0.717, 1.165) is 30.6 Å². The SMILES string of the molecule is O=C(N[C@@H]1CCOc2ccccc21)C1CCC1. The number of rotatable bonds is 2. The van der Waals surface area contributed by atoms with Gasteiger partial charge < -0.3 is 10.1 Å². The number of fused-ring (bicyclic) bond motifs is 1. The molecule has 1 amide bonds. The summed E-state index contributed by atoms with van der Waals surface area (Å²) in [5, 5.41) is 3.16. The highest BCUT2D eigenvalue weighted by atomic mass is 16.5. The van der Waals surface area contributed by atoms with Gasteiger partial charge in [0.2, 0.25) is 5.91 Å². The number of nitrogens with one attached hydrogen (secondary N) is 1. The van der Waals surface area contributed by atoms with Crippen LogP contribution in [0.5, 0.6) is 5.75 Å². The Morgan fingerprint density at radius 3 is 2.82 bits per heavy atom. The number of para-hydroxylation sites is 1. The Morgan fingerprint density at radius 1 is 1.24 bits per heavy atom. The van der Waals surface area contributed by atoms with Crippen LogP contribution in [0.3, 0.4) is 0 Å². The van der Waals surface area contributed by atoms with Crippen molar-refractivity contribution in [1.29, 1.82) is 0 Å². The van der Waals surface area contributed by atoms with Crippen LogP contribution in [0.2, 0.25) is 0 Å². The topological polar surface area (TPSA) is 38.3 Å². The van der Waals surface area contributed by atoms with Crippen LogP contribution < -0.4 is 10.1 Å². The molecule has 1 saturated carbocycles. The second-order valence-corrected chi connectivity index (χ2v) is 4.86. The monoisotopic (exact) mass is 231 g/mol. The van der Waals surface area contributed by atoms with E-state index in [-0.39, 0.29) is 17.9 Å². The molecule has 1 aromatic carbocycles. The Balaban J connectivity index is 1.73. The van der Waals surface area contributed by atoms with Crippen molar-refractivity contribution in [3.8, 4) is 5.75 Å². The number of hydrogen-bond donors (Lipinski definition) is 1. The largest absolute Gasteiger partial charge is 0.493 e. The van der Waals surface area contributed by atoms with Crippen molar-refractivity contribution in [3.05, 3.63) is 29.8 Å². The average molecular weight is 231 g/mol. The molecule has 1 aliphatic carbocycles. The molecule has 3 heteroatoms. The number of amides is 1. The van der Waals surface area contributed by atoms with Gasteiger partial charge in [0, 0.05) is 17.9 Å². The molecule has 1 N–H and O–H groups in total. The van der Waals surface area contributed by atoms with Gasteiger partial charge in [0.1, 0.15) is 5.75 Å². The van der Waals surface area contributed by atoms with Crippen LogP contribution in [-0.4, -0.2) is 12.5 Å². The zero-order chi connectivity index (χ0) is 11.7. The molecule has 2 aliphatic rings. The molecule has 3 nitrogen and oxygen atoms in total. The van der Waals surface area contributed by atoms with Gasteiger partial charge in [-0.2, -0.15) is 0 Å². The highest BCUT2D eigenvalue weighted by molar-refractivity contribution is 5.80. The lowest BCUT2D eigenvalue weighted by molar-refractivity contribution is -0.128. The van der Waals surface area contributed by atoms with Crippen LogP contribution in [0.25, 0.3) is 0 Å². The molecule has 1 atom stereocenters. The predicted octanol–water partition coefficient (Wildman–Crippen LogP) is 2.43. The first-order chi connectivity index (χ1) is 8.34. The molecule has 0 unspecified atom stereocenters. The lowest BCUT2D eigenvalue weighted by Gasteiger charge is -2.30. The Bertz CT molecular complexity index is 426. The van der Waals surface area contributed by atoms with Gasteiger partial charge in [0.25, 0.3) is 0 Å². The normalized spacial score (nSPS) is 23.2. The fraction of sp³-hybridized carbons (Fsp3) is 0.500. The molecule has 1 aliphatic heterocycles. The average Bonchev–Trinajstić information content (AvgIpc) is 2.27. The Hall–Kier alpha value is -1.51. The van der Waals surface area contributed by atoms with Crippen LogP contribution in [-0.2, 0) is 4.79 Å². The number of benzene rings is 1. The molecule has 0 saturated heterocycles. The Kier molecular flexibility index (Phi) is 2.75. The third kappa shape index (κ3) is 2.02. The first kappa shape index (κ1) is 10.6. The lowest BCUT2D eigenvalue weighted by atomic mass is 9.84. The van der Waals surface area contributed by atoms with Gasteiger partial charge in [0.15, 0.2) is 0 Å². The molecule has 1 aromatic rings. The summed E-state index contributed by atoms with van der Waals surface area (Å²) in [5.41, 5.74) is 1.12.